The Balaban J connectivity index is 1.47. The van der Waals surface area contributed by atoms with Crippen LogP contribution in [0, 0.1) is 0 Å². The van der Waals surface area contributed by atoms with Gasteiger partial charge in [-0.1, -0.05) is 84.9 Å². The molecule has 0 aliphatic carbocycles. The first-order valence-electron chi connectivity index (χ1n) is 15.4. The summed E-state index contributed by atoms with van der Waals surface area (Å²) in [5, 5.41) is 4.68. The van der Waals surface area contributed by atoms with Crippen molar-refractivity contribution in [3.8, 4) is 34.4 Å². The van der Waals surface area contributed by atoms with E-state index in [1.807, 2.05) is 0 Å². The van der Waals surface area contributed by atoms with Crippen molar-refractivity contribution in [3.63, 3.8) is 0 Å². The topological polar surface area (TPSA) is 67.2 Å². The lowest BCUT2D eigenvalue weighted by Crippen LogP contribution is -2.21. The molecule has 0 saturated carbocycles. The Morgan fingerprint density at radius 1 is 0.467 bits per heavy atom. The second kappa shape index (κ2) is 8.61. The van der Waals surface area contributed by atoms with Crippen LogP contribution in [-0.2, 0) is 5.41 Å². The fourth-order valence-corrected chi connectivity index (χ4v) is 7.51. The highest BCUT2D eigenvalue weighted by Crippen LogP contribution is 2.46. The van der Waals surface area contributed by atoms with Crippen molar-refractivity contribution in [1.29, 1.82) is 0 Å². The van der Waals surface area contributed by atoms with E-state index >= 15 is 0 Å². The zero-order valence-electron chi connectivity index (χ0n) is 24.8. The third-order valence-electron chi connectivity index (χ3n) is 9.61. The molecule has 0 unspecified atom stereocenters. The molecule has 8 bridgehead atoms. The monoisotopic (exact) mass is 580 g/mol. The van der Waals surface area contributed by atoms with Gasteiger partial charge in [0.25, 0.3) is 0 Å². The van der Waals surface area contributed by atoms with Crippen molar-refractivity contribution in [3.05, 3.63) is 133 Å². The first kappa shape index (κ1) is 24.6. The highest BCUT2D eigenvalue weighted by atomic mass is 15.1. The second-order valence-electron chi connectivity index (χ2n) is 12.5. The number of nitrogens with one attached hydrogen (secondary N) is 2. The molecule has 10 rings (SSSR count). The minimum absolute atomic E-state index is 0.409. The molecule has 1 aliphatic rings. The van der Waals surface area contributed by atoms with Gasteiger partial charge in [0.15, 0.2) is 11.6 Å². The smallest absolute Gasteiger partial charge is 0.162 e. The molecule has 0 atom stereocenters. The van der Waals surface area contributed by atoms with Gasteiger partial charge in [-0.15, -0.1) is 0 Å². The fourth-order valence-electron chi connectivity index (χ4n) is 7.51. The molecule has 0 radical (unpaired) electrons. The highest BCUT2D eigenvalue weighted by molar-refractivity contribution is 6.08. The fraction of sp³-hybridized carbons (Fsp3) is 0.0769. The normalized spacial score (nSPS) is 13.7. The van der Waals surface area contributed by atoms with E-state index in [0.717, 1.165) is 78.6 Å². The van der Waals surface area contributed by atoms with Crippen LogP contribution in [0.2, 0.25) is 0 Å². The molecule has 4 aromatic heterocycles. The van der Waals surface area contributed by atoms with Gasteiger partial charge in [0, 0.05) is 49.7 Å². The van der Waals surface area contributed by atoms with Gasteiger partial charge in [-0.05, 0) is 50.2 Å². The number of hydrogen-bond acceptors (Lipinski definition) is 2. The van der Waals surface area contributed by atoms with Crippen molar-refractivity contribution < 1.29 is 0 Å². The summed E-state index contributed by atoms with van der Waals surface area (Å²) < 4.78 is 4.55. The molecule has 0 saturated heterocycles. The molecule has 1 aliphatic heterocycles. The maximum absolute atomic E-state index is 5.46. The number of imidazole rings is 2. The number of H-pyrrole nitrogens is 2. The van der Waals surface area contributed by atoms with Crippen molar-refractivity contribution in [2.45, 2.75) is 19.3 Å². The minimum atomic E-state index is -0.409. The molecule has 5 aromatic carbocycles. The molecule has 45 heavy (non-hydrogen) atoms. The lowest BCUT2D eigenvalue weighted by atomic mass is 9.82. The summed E-state index contributed by atoms with van der Waals surface area (Å²) in [4.78, 5) is 18.8. The van der Waals surface area contributed by atoms with Gasteiger partial charge < -0.3 is 9.97 Å². The van der Waals surface area contributed by atoms with Crippen LogP contribution >= 0.6 is 0 Å². The van der Waals surface area contributed by atoms with E-state index in [2.05, 4.69) is 154 Å². The first-order chi connectivity index (χ1) is 22.1. The third kappa shape index (κ3) is 3.18. The van der Waals surface area contributed by atoms with Crippen molar-refractivity contribution in [2.24, 2.45) is 0 Å². The number of para-hydroxylation sites is 2. The summed E-state index contributed by atoms with van der Waals surface area (Å²) in [6.45, 7) is 4.61. The molecule has 9 aromatic rings. The molecule has 0 amide bonds. The Morgan fingerprint density at radius 3 is 1.27 bits per heavy atom. The minimum Gasteiger partial charge on any atom is -0.354 e. The van der Waals surface area contributed by atoms with Crippen LogP contribution in [0.25, 0.3) is 78.0 Å². The van der Waals surface area contributed by atoms with Crippen molar-refractivity contribution in [1.82, 2.24) is 29.1 Å². The van der Waals surface area contributed by atoms with E-state index in [4.69, 9.17) is 9.97 Å². The Kier molecular flexibility index (Phi) is 4.70. The Morgan fingerprint density at radius 2 is 0.844 bits per heavy atom. The molecule has 0 fully saturated rings. The van der Waals surface area contributed by atoms with E-state index in [1.165, 1.54) is 10.8 Å². The average molecular weight is 581 g/mol. The van der Waals surface area contributed by atoms with Gasteiger partial charge in [-0.25, -0.2) is 9.97 Å². The number of benzene rings is 5. The van der Waals surface area contributed by atoms with Crippen molar-refractivity contribution >= 4 is 43.6 Å². The summed E-state index contributed by atoms with van der Waals surface area (Å²) in [5.74, 6) is 1.74. The quantitative estimate of drug-likeness (QED) is 0.214. The molecular formula is C39H28N6. The Hall–Kier alpha value is -5.88. The van der Waals surface area contributed by atoms with E-state index in [-0.39, 0.29) is 0 Å². The zero-order chi connectivity index (χ0) is 29.9. The number of fused-ring (bicyclic) bond motifs is 14. The number of rotatable bonds is 2. The van der Waals surface area contributed by atoms with Gasteiger partial charge in [-0.2, -0.15) is 0 Å². The van der Waals surface area contributed by atoms with Gasteiger partial charge >= 0.3 is 0 Å². The SMILES string of the molecule is CC1(C)c2[nH]c(c3ccccc23)-c2nc3c4nc(n(-c5ccccc5)c4ccc3n2-c2ccccc2)-c2[nH]c1c1ccccc21. The number of nitrogens with zero attached hydrogens (tertiary/aromatic N) is 4. The van der Waals surface area contributed by atoms with Gasteiger partial charge in [0.2, 0.25) is 0 Å². The summed E-state index contributed by atoms with van der Waals surface area (Å²) in [6.07, 6.45) is 0. The van der Waals surface area contributed by atoms with Gasteiger partial charge in [-0.3, -0.25) is 9.13 Å². The van der Waals surface area contributed by atoms with Crippen LogP contribution in [0.4, 0.5) is 0 Å². The molecule has 214 valence electrons. The average Bonchev–Trinajstić information content (AvgIpc) is 3.85. The summed E-state index contributed by atoms with van der Waals surface area (Å²) in [6, 6.07) is 42.8. The lowest BCUT2D eigenvalue weighted by Gasteiger charge is -2.24. The summed E-state index contributed by atoms with van der Waals surface area (Å²) in [5.41, 5.74) is 9.77. The zero-order valence-corrected chi connectivity index (χ0v) is 24.8. The van der Waals surface area contributed by atoms with Crippen LogP contribution in [0.15, 0.2) is 121 Å². The second-order valence-corrected chi connectivity index (χ2v) is 12.5. The third-order valence-corrected chi connectivity index (χ3v) is 9.61. The maximum atomic E-state index is 5.46. The summed E-state index contributed by atoms with van der Waals surface area (Å²) in [7, 11) is 0. The standard InChI is InChI=1S/C39H28N6/c1-39(2)35-27-19-11-9-17-25(27)31(40-35)37-42-33-29(44(37)23-13-5-3-6-14-23)21-22-30-34(33)43-38(45(30)24-15-7-4-8-16-24)32-26-18-10-12-20-28(26)36(39)41-32/h3-22,40-41H,1-2H3. The van der Waals surface area contributed by atoms with Gasteiger partial charge in [0.05, 0.1) is 22.4 Å². The molecule has 6 heteroatoms. The van der Waals surface area contributed by atoms with E-state index in [0.29, 0.717) is 0 Å². The van der Waals surface area contributed by atoms with E-state index < -0.39 is 5.41 Å². The van der Waals surface area contributed by atoms with Crippen molar-refractivity contribution in [2.75, 3.05) is 0 Å². The van der Waals surface area contributed by atoms with Crippen LogP contribution in [-0.4, -0.2) is 29.1 Å². The van der Waals surface area contributed by atoms with Crippen LogP contribution in [0.1, 0.15) is 25.2 Å². The highest BCUT2D eigenvalue weighted by Gasteiger charge is 2.35. The molecular weight excluding hydrogens is 552 g/mol. The lowest BCUT2D eigenvalue weighted by molar-refractivity contribution is 0.614. The molecule has 6 nitrogen and oxygen atoms in total. The molecule has 0 spiro atoms. The summed E-state index contributed by atoms with van der Waals surface area (Å²) >= 11 is 0. The first-order valence-corrected chi connectivity index (χ1v) is 15.4. The predicted octanol–water partition coefficient (Wildman–Crippen LogP) is 9.30. The van der Waals surface area contributed by atoms with Crippen LogP contribution in [0.3, 0.4) is 0 Å². The van der Waals surface area contributed by atoms with Gasteiger partial charge in [0.1, 0.15) is 11.0 Å². The number of aromatic nitrogens is 6. The maximum Gasteiger partial charge on any atom is 0.162 e. The Labute approximate surface area is 258 Å². The number of aromatic amines is 2. The van der Waals surface area contributed by atoms with Crippen LogP contribution in [0.5, 0.6) is 0 Å². The number of hydrogen-bond donors (Lipinski definition) is 2. The predicted molar refractivity (Wildman–Crippen MR) is 182 cm³/mol. The van der Waals surface area contributed by atoms with E-state index in [1.54, 1.807) is 0 Å². The Bertz CT molecular complexity index is 2430. The van der Waals surface area contributed by atoms with Crippen LogP contribution < -0.4 is 0 Å². The molecule has 2 N–H and O–H groups in total. The van der Waals surface area contributed by atoms with E-state index in [9.17, 15) is 0 Å². The molecule has 5 heterocycles. The largest absolute Gasteiger partial charge is 0.354 e.